The molecule has 0 amide bonds. The maximum absolute atomic E-state index is 5.61. The molecule has 27 heavy (non-hydrogen) atoms. The molecule has 0 bridgehead atoms. The molecule has 0 spiro atoms. The van der Waals surface area contributed by atoms with Crippen molar-refractivity contribution in [1.29, 1.82) is 0 Å². The highest BCUT2D eigenvalue weighted by Crippen LogP contribution is 2.35. The van der Waals surface area contributed by atoms with Crippen LogP contribution in [0.2, 0.25) is 0 Å². The van der Waals surface area contributed by atoms with Gasteiger partial charge in [0.25, 0.3) is 5.88 Å². The summed E-state index contributed by atoms with van der Waals surface area (Å²) >= 11 is 0. The van der Waals surface area contributed by atoms with Crippen LogP contribution in [0.1, 0.15) is 30.3 Å². The van der Waals surface area contributed by atoms with Crippen LogP contribution >= 0.6 is 0 Å². The molecular formula is C21H27N3O3. The van der Waals surface area contributed by atoms with E-state index in [-0.39, 0.29) is 5.41 Å². The molecule has 144 valence electrons. The first-order valence-electron chi connectivity index (χ1n) is 9.52. The van der Waals surface area contributed by atoms with Gasteiger partial charge in [-0.25, -0.2) is 9.97 Å². The van der Waals surface area contributed by atoms with E-state index in [1.54, 1.807) is 7.11 Å². The molecule has 1 fully saturated rings. The van der Waals surface area contributed by atoms with Gasteiger partial charge in [-0.05, 0) is 55.5 Å². The van der Waals surface area contributed by atoms with Crippen molar-refractivity contribution in [2.24, 2.45) is 5.41 Å². The zero-order valence-electron chi connectivity index (χ0n) is 16.3. The second-order valence-corrected chi connectivity index (χ2v) is 7.91. The van der Waals surface area contributed by atoms with E-state index in [2.05, 4.69) is 33.9 Å². The average molecular weight is 369 g/mol. The molecule has 2 aliphatic heterocycles. The molecule has 0 N–H and O–H groups in total. The van der Waals surface area contributed by atoms with Crippen LogP contribution in [0.4, 0.5) is 0 Å². The highest BCUT2D eigenvalue weighted by molar-refractivity contribution is 5.36. The van der Waals surface area contributed by atoms with E-state index in [4.69, 9.17) is 14.2 Å². The molecule has 2 aromatic heterocycles. The van der Waals surface area contributed by atoms with Gasteiger partial charge < -0.3 is 14.2 Å². The van der Waals surface area contributed by atoms with E-state index in [9.17, 15) is 0 Å². The van der Waals surface area contributed by atoms with Crippen molar-refractivity contribution in [2.45, 2.75) is 33.2 Å². The normalized spacial score (nSPS) is 22.0. The third-order valence-corrected chi connectivity index (χ3v) is 5.31. The summed E-state index contributed by atoms with van der Waals surface area (Å²) in [5.41, 5.74) is 3.57. The Balaban J connectivity index is 1.41. The van der Waals surface area contributed by atoms with Crippen LogP contribution in [0.3, 0.4) is 0 Å². The Bertz CT molecular complexity index is 826. The van der Waals surface area contributed by atoms with E-state index in [0.29, 0.717) is 25.0 Å². The number of rotatable bonds is 5. The summed E-state index contributed by atoms with van der Waals surface area (Å²) in [5.74, 6) is 2.07. The monoisotopic (exact) mass is 369 g/mol. The molecule has 0 radical (unpaired) electrons. The third-order valence-electron chi connectivity index (χ3n) is 5.31. The summed E-state index contributed by atoms with van der Waals surface area (Å²) in [6.45, 7) is 8.51. The summed E-state index contributed by atoms with van der Waals surface area (Å²) in [5, 5.41) is 0. The van der Waals surface area contributed by atoms with Crippen molar-refractivity contribution in [3.63, 3.8) is 0 Å². The fourth-order valence-corrected chi connectivity index (χ4v) is 4.10. The summed E-state index contributed by atoms with van der Waals surface area (Å²) in [4.78, 5) is 11.5. The standard InChI is InChI=1S/C21H27N3O3/c1-15-10-16(11-19(22-15)25-3)12-21(2)6-7-24(14-21)13-17-4-5-18-20(23-17)27-9-8-26-18/h4-5,10-11H,6-9,12-14H2,1-3H3/t21-/m1/s1. The smallest absolute Gasteiger partial charge is 0.257 e. The number of hydrogen-bond donors (Lipinski definition) is 0. The van der Waals surface area contributed by atoms with Crippen molar-refractivity contribution in [1.82, 2.24) is 14.9 Å². The molecule has 6 nitrogen and oxygen atoms in total. The Morgan fingerprint density at radius 1 is 1.19 bits per heavy atom. The van der Waals surface area contributed by atoms with Crippen LogP contribution in [0.15, 0.2) is 24.3 Å². The highest BCUT2D eigenvalue weighted by atomic mass is 16.6. The summed E-state index contributed by atoms with van der Waals surface area (Å²) in [6, 6.07) is 8.24. The van der Waals surface area contributed by atoms with Crippen LogP contribution in [-0.2, 0) is 13.0 Å². The predicted molar refractivity (Wildman–Crippen MR) is 102 cm³/mol. The molecule has 0 aromatic carbocycles. The third kappa shape index (κ3) is 4.16. The molecule has 4 rings (SSSR count). The van der Waals surface area contributed by atoms with E-state index < -0.39 is 0 Å². The van der Waals surface area contributed by atoms with Gasteiger partial charge in [-0.2, -0.15) is 0 Å². The van der Waals surface area contributed by atoms with Crippen molar-refractivity contribution in [2.75, 3.05) is 33.4 Å². The Hall–Kier alpha value is -2.34. The van der Waals surface area contributed by atoms with E-state index in [1.165, 1.54) is 12.0 Å². The molecule has 4 heterocycles. The van der Waals surface area contributed by atoms with Gasteiger partial charge in [0, 0.05) is 24.8 Å². The number of nitrogens with zero attached hydrogens (tertiary/aromatic N) is 3. The molecule has 2 aromatic rings. The number of hydrogen-bond acceptors (Lipinski definition) is 6. The lowest BCUT2D eigenvalue weighted by molar-refractivity contribution is 0.163. The molecular weight excluding hydrogens is 342 g/mol. The number of aromatic nitrogens is 2. The molecule has 6 heteroatoms. The lowest BCUT2D eigenvalue weighted by Crippen LogP contribution is -2.27. The first-order valence-corrected chi connectivity index (χ1v) is 9.52. The largest absolute Gasteiger partial charge is 0.484 e. The molecule has 1 saturated heterocycles. The van der Waals surface area contributed by atoms with Crippen molar-refractivity contribution < 1.29 is 14.2 Å². The molecule has 0 saturated carbocycles. The van der Waals surface area contributed by atoms with Gasteiger partial charge >= 0.3 is 0 Å². The lowest BCUT2D eigenvalue weighted by Gasteiger charge is -2.25. The molecule has 2 aliphatic rings. The Labute approximate surface area is 160 Å². The van der Waals surface area contributed by atoms with Crippen LogP contribution in [0, 0.1) is 12.3 Å². The Morgan fingerprint density at radius 2 is 2.04 bits per heavy atom. The number of likely N-dealkylation sites (tertiary alicyclic amines) is 1. The van der Waals surface area contributed by atoms with Crippen LogP contribution < -0.4 is 14.2 Å². The Morgan fingerprint density at radius 3 is 2.89 bits per heavy atom. The van der Waals surface area contributed by atoms with E-state index >= 15 is 0 Å². The predicted octanol–water partition coefficient (Wildman–Crippen LogP) is 3.02. The zero-order valence-corrected chi connectivity index (χ0v) is 16.3. The second kappa shape index (κ2) is 7.35. The summed E-state index contributed by atoms with van der Waals surface area (Å²) in [6.07, 6.45) is 2.19. The first kappa shape index (κ1) is 18.0. The van der Waals surface area contributed by atoms with E-state index in [0.717, 1.165) is 43.2 Å². The van der Waals surface area contributed by atoms with Gasteiger partial charge in [0.1, 0.15) is 13.2 Å². The van der Waals surface area contributed by atoms with E-state index in [1.807, 2.05) is 19.1 Å². The van der Waals surface area contributed by atoms with Crippen LogP contribution in [0.5, 0.6) is 17.5 Å². The SMILES string of the molecule is COc1cc(C[C@@]2(C)CCN(Cc3ccc4c(n3)OCCO4)C2)cc(C)n1. The van der Waals surface area contributed by atoms with Gasteiger partial charge in [-0.15, -0.1) is 0 Å². The van der Waals surface area contributed by atoms with Gasteiger partial charge in [0.05, 0.1) is 12.8 Å². The van der Waals surface area contributed by atoms with Gasteiger partial charge in [-0.3, -0.25) is 4.90 Å². The zero-order chi connectivity index (χ0) is 18.9. The number of fused-ring (bicyclic) bond motifs is 1. The summed E-state index contributed by atoms with van der Waals surface area (Å²) < 4.78 is 16.5. The minimum Gasteiger partial charge on any atom is -0.484 e. The van der Waals surface area contributed by atoms with Crippen LogP contribution in [0.25, 0.3) is 0 Å². The quantitative estimate of drug-likeness (QED) is 0.808. The minimum atomic E-state index is 0.243. The van der Waals surface area contributed by atoms with Crippen molar-refractivity contribution >= 4 is 0 Å². The molecule has 1 atom stereocenters. The molecule has 0 aliphatic carbocycles. The Kier molecular flexibility index (Phi) is 4.91. The topological polar surface area (TPSA) is 56.7 Å². The maximum Gasteiger partial charge on any atom is 0.257 e. The first-order chi connectivity index (χ1) is 13.0. The average Bonchev–Trinajstić information content (AvgIpc) is 3.01. The highest BCUT2D eigenvalue weighted by Gasteiger charge is 2.34. The minimum absolute atomic E-state index is 0.243. The number of ether oxygens (including phenoxy) is 3. The lowest BCUT2D eigenvalue weighted by atomic mass is 9.83. The van der Waals surface area contributed by atoms with Gasteiger partial charge in [-0.1, -0.05) is 6.92 Å². The molecule has 0 unspecified atom stereocenters. The maximum atomic E-state index is 5.61. The van der Waals surface area contributed by atoms with Gasteiger partial charge in [0.2, 0.25) is 5.88 Å². The van der Waals surface area contributed by atoms with Gasteiger partial charge in [0.15, 0.2) is 5.75 Å². The fraction of sp³-hybridized carbons (Fsp3) is 0.524. The number of methoxy groups -OCH3 is 1. The van der Waals surface area contributed by atoms with Crippen molar-refractivity contribution in [3.8, 4) is 17.5 Å². The van der Waals surface area contributed by atoms with Crippen LogP contribution in [-0.4, -0.2) is 48.3 Å². The van der Waals surface area contributed by atoms with Crippen molar-refractivity contribution in [3.05, 3.63) is 41.2 Å². The fourth-order valence-electron chi connectivity index (χ4n) is 4.10. The second-order valence-electron chi connectivity index (χ2n) is 7.91. The summed E-state index contributed by atoms with van der Waals surface area (Å²) in [7, 11) is 1.67. The number of aryl methyl sites for hydroxylation is 1. The number of pyridine rings is 2.